The van der Waals surface area contributed by atoms with Crippen LogP contribution in [-0.4, -0.2) is 23.9 Å². The van der Waals surface area contributed by atoms with Crippen LogP contribution in [0.1, 0.15) is 26.7 Å². The Labute approximate surface area is 102 Å². The molecule has 17 heavy (non-hydrogen) atoms. The molecule has 3 heteroatoms. The zero-order chi connectivity index (χ0) is 12.3. The van der Waals surface area contributed by atoms with Crippen LogP contribution in [0, 0.1) is 5.92 Å². The Morgan fingerprint density at radius 2 is 2.06 bits per heavy atom. The van der Waals surface area contributed by atoms with Gasteiger partial charge in [0, 0.05) is 0 Å². The minimum Gasteiger partial charge on any atom is -0.486 e. The van der Waals surface area contributed by atoms with Crippen LogP contribution >= 0.6 is 0 Å². The molecule has 0 spiro atoms. The molecule has 0 bridgehead atoms. The van der Waals surface area contributed by atoms with Crippen LogP contribution in [0.3, 0.4) is 0 Å². The summed E-state index contributed by atoms with van der Waals surface area (Å²) in [4.78, 5) is 0. The van der Waals surface area contributed by atoms with E-state index in [1.807, 2.05) is 24.3 Å². The highest BCUT2D eigenvalue weighted by molar-refractivity contribution is 5.40. The van der Waals surface area contributed by atoms with E-state index in [4.69, 9.17) is 9.47 Å². The van der Waals surface area contributed by atoms with Gasteiger partial charge in [0.1, 0.15) is 6.61 Å². The standard InChI is InChI=1S/C14H20O3/c1-3-6-10(2)14(15)13-9-16-11-7-4-5-8-12(11)17-13/h4-5,7-8,10,13-15H,3,6,9H2,1-2H3. The average Bonchev–Trinajstić information content (AvgIpc) is 2.37. The Morgan fingerprint density at radius 1 is 1.35 bits per heavy atom. The lowest BCUT2D eigenvalue weighted by atomic mass is 9.95. The third kappa shape index (κ3) is 2.72. The third-order valence-electron chi connectivity index (χ3n) is 3.24. The van der Waals surface area contributed by atoms with Gasteiger partial charge in [-0.1, -0.05) is 32.4 Å². The molecule has 0 fully saturated rings. The van der Waals surface area contributed by atoms with Gasteiger partial charge >= 0.3 is 0 Å². The highest BCUT2D eigenvalue weighted by Crippen LogP contribution is 2.32. The van der Waals surface area contributed by atoms with E-state index >= 15 is 0 Å². The first-order valence-electron chi connectivity index (χ1n) is 6.29. The third-order valence-corrected chi connectivity index (χ3v) is 3.24. The lowest BCUT2D eigenvalue weighted by molar-refractivity contribution is -0.0365. The van der Waals surface area contributed by atoms with Crippen molar-refractivity contribution in [3.8, 4) is 11.5 Å². The second-order valence-electron chi connectivity index (χ2n) is 4.67. The summed E-state index contributed by atoms with van der Waals surface area (Å²) in [5.41, 5.74) is 0. The maximum absolute atomic E-state index is 10.2. The molecule has 2 rings (SSSR count). The topological polar surface area (TPSA) is 38.7 Å². The largest absolute Gasteiger partial charge is 0.486 e. The summed E-state index contributed by atoms with van der Waals surface area (Å²) >= 11 is 0. The molecule has 1 heterocycles. The van der Waals surface area contributed by atoms with E-state index in [-0.39, 0.29) is 12.0 Å². The summed E-state index contributed by atoms with van der Waals surface area (Å²) in [7, 11) is 0. The van der Waals surface area contributed by atoms with Gasteiger partial charge in [-0.15, -0.1) is 0 Å². The fraction of sp³-hybridized carbons (Fsp3) is 0.571. The molecule has 1 aliphatic heterocycles. The van der Waals surface area contributed by atoms with Gasteiger partial charge in [-0.25, -0.2) is 0 Å². The molecule has 0 aromatic heterocycles. The first-order valence-corrected chi connectivity index (χ1v) is 6.29. The summed E-state index contributed by atoms with van der Waals surface area (Å²) in [5, 5.41) is 10.2. The monoisotopic (exact) mass is 236 g/mol. The Kier molecular flexibility index (Phi) is 3.89. The predicted molar refractivity (Wildman–Crippen MR) is 66.4 cm³/mol. The van der Waals surface area contributed by atoms with Crippen LogP contribution in [0.4, 0.5) is 0 Å². The number of hydrogen-bond donors (Lipinski definition) is 1. The molecule has 0 radical (unpaired) electrons. The number of para-hydroxylation sites is 2. The fourth-order valence-electron chi connectivity index (χ4n) is 2.20. The molecule has 3 atom stereocenters. The van der Waals surface area contributed by atoms with Crippen molar-refractivity contribution in [2.45, 2.75) is 38.9 Å². The van der Waals surface area contributed by atoms with Crippen molar-refractivity contribution in [1.82, 2.24) is 0 Å². The number of benzene rings is 1. The summed E-state index contributed by atoms with van der Waals surface area (Å²) in [6, 6.07) is 7.58. The van der Waals surface area contributed by atoms with Crippen LogP contribution in [-0.2, 0) is 0 Å². The van der Waals surface area contributed by atoms with Gasteiger partial charge in [-0.05, 0) is 24.5 Å². The van der Waals surface area contributed by atoms with Crippen molar-refractivity contribution in [3.63, 3.8) is 0 Å². The van der Waals surface area contributed by atoms with Crippen LogP contribution in [0.2, 0.25) is 0 Å². The van der Waals surface area contributed by atoms with E-state index in [9.17, 15) is 5.11 Å². The molecule has 94 valence electrons. The first kappa shape index (κ1) is 12.2. The van der Waals surface area contributed by atoms with Crippen molar-refractivity contribution < 1.29 is 14.6 Å². The van der Waals surface area contributed by atoms with Gasteiger partial charge in [-0.2, -0.15) is 0 Å². The molecule has 0 amide bonds. The number of aliphatic hydroxyl groups excluding tert-OH is 1. The van der Waals surface area contributed by atoms with Crippen LogP contribution in [0.5, 0.6) is 11.5 Å². The molecule has 0 aliphatic carbocycles. The lowest BCUT2D eigenvalue weighted by Crippen LogP contribution is -2.43. The van der Waals surface area contributed by atoms with E-state index < -0.39 is 6.10 Å². The second kappa shape index (κ2) is 5.41. The summed E-state index contributed by atoms with van der Waals surface area (Å²) in [5.74, 6) is 1.73. The molecule has 1 aliphatic rings. The second-order valence-corrected chi connectivity index (χ2v) is 4.67. The van der Waals surface area contributed by atoms with Gasteiger partial charge in [0.25, 0.3) is 0 Å². The first-order chi connectivity index (χ1) is 8.22. The highest BCUT2D eigenvalue weighted by Gasteiger charge is 2.30. The smallest absolute Gasteiger partial charge is 0.161 e. The highest BCUT2D eigenvalue weighted by atomic mass is 16.6. The minimum absolute atomic E-state index is 0.235. The molecule has 3 unspecified atom stereocenters. The SMILES string of the molecule is CCCC(C)C(O)C1COc2ccccc2O1. The maximum Gasteiger partial charge on any atom is 0.161 e. The number of fused-ring (bicyclic) bond motifs is 1. The number of aliphatic hydroxyl groups is 1. The van der Waals surface area contributed by atoms with Crippen molar-refractivity contribution in [2.24, 2.45) is 5.92 Å². The molecule has 1 N–H and O–H groups in total. The normalized spacial score (nSPS) is 21.9. The van der Waals surface area contributed by atoms with Crippen LogP contribution < -0.4 is 9.47 Å². The molecular formula is C14H20O3. The van der Waals surface area contributed by atoms with Crippen molar-refractivity contribution in [2.75, 3.05) is 6.61 Å². The van der Waals surface area contributed by atoms with Crippen LogP contribution in [0.25, 0.3) is 0 Å². The maximum atomic E-state index is 10.2. The predicted octanol–water partition coefficient (Wildman–Crippen LogP) is 2.62. The molecular weight excluding hydrogens is 216 g/mol. The molecule has 0 saturated heterocycles. The van der Waals surface area contributed by atoms with Crippen molar-refractivity contribution in [3.05, 3.63) is 24.3 Å². The zero-order valence-electron chi connectivity index (χ0n) is 10.4. The van der Waals surface area contributed by atoms with Gasteiger partial charge in [0.2, 0.25) is 0 Å². The fourth-order valence-corrected chi connectivity index (χ4v) is 2.20. The van der Waals surface area contributed by atoms with E-state index in [2.05, 4.69) is 13.8 Å². The molecule has 1 aromatic carbocycles. The molecule has 1 aromatic rings. The number of rotatable bonds is 4. The summed E-state index contributed by atoms with van der Waals surface area (Å²) in [6.45, 7) is 4.60. The molecule has 3 nitrogen and oxygen atoms in total. The van der Waals surface area contributed by atoms with Gasteiger partial charge < -0.3 is 14.6 Å². The zero-order valence-corrected chi connectivity index (χ0v) is 10.4. The van der Waals surface area contributed by atoms with E-state index in [0.29, 0.717) is 6.61 Å². The minimum atomic E-state index is -0.469. The Bertz CT molecular complexity index is 364. The summed E-state index contributed by atoms with van der Waals surface area (Å²) < 4.78 is 11.4. The van der Waals surface area contributed by atoms with E-state index in [1.54, 1.807) is 0 Å². The van der Waals surface area contributed by atoms with Gasteiger partial charge in [0.05, 0.1) is 6.10 Å². The summed E-state index contributed by atoms with van der Waals surface area (Å²) in [6.07, 6.45) is 1.35. The van der Waals surface area contributed by atoms with Crippen molar-refractivity contribution >= 4 is 0 Å². The van der Waals surface area contributed by atoms with Gasteiger partial charge in [-0.3, -0.25) is 0 Å². The van der Waals surface area contributed by atoms with Crippen molar-refractivity contribution in [1.29, 1.82) is 0 Å². The Balaban J connectivity index is 2.02. The number of ether oxygens (including phenoxy) is 2. The van der Waals surface area contributed by atoms with E-state index in [0.717, 1.165) is 24.3 Å². The number of hydrogen-bond acceptors (Lipinski definition) is 3. The molecule has 0 saturated carbocycles. The average molecular weight is 236 g/mol. The van der Waals surface area contributed by atoms with Crippen LogP contribution in [0.15, 0.2) is 24.3 Å². The Hall–Kier alpha value is -1.22. The lowest BCUT2D eigenvalue weighted by Gasteiger charge is -2.32. The van der Waals surface area contributed by atoms with Gasteiger partial charge in [0.15, 0.2) is 17.6 Å². The Morgan fingerprint density at radius 3 is 2.76 bits per heavy atom. The van der Waals surface area contributed by atoms with E-state index in [1.165, 1.54) is 0 Å². The quantitative estimate of drug-likeness (QED) is 0.873.